The number of hydrogen-bond donors (Lipinski definition) is 5. The number of allylic oxidation sites excluding steroid dienone is 3. The lowest BCUT2D eigenvalue weighted by atomic mass is 9.93. The number of aromatic nitrogens is 2. The third-order valence-electron chi connectivity index (χ3n) is 5.25. The smallest absolute Gasteiger partial charge is 0.317 e. The van der Waals surface area contributed by atoms with Crippen LogP contribution >= 0.6 is 11.6 Å². The highest BCUT2D eigenvalue weighted by molar-refractivity contribution is 6.31. The maximum Gasteiger partial charge on any atom is 0.317 e. The van der Waals surface area contributed by atoms with Gasteiger partial charge in [0.25, 0.3) is 0 Å². The van der Waals surface area contributed by atoms with Crippen LogP contribution in [0.1, 0.15) is 25.8 Å². The van der Waals surface area contributed by atoms with E-state index in [2.05, 4.69) is 15.3 Å². The largest absolute Gasteiger partial charge is 0.462 e. The number of ether oxygens (including phenoxy) is 1. The average molecular weight is 451 g/mol. The minimum atomic E-state index is -1.11. The number of nitrogens with one attached hydrogen (secondary N) is 1. The standard InChI is InChI=1S/C21H27ClN4O5/c1-10(2)31-20(30)13-6-4-3-5-11(13)7-14-18(22)25-21(23)26-19(14)24-15-8-12(9-27)16(28)17(15)29/h3-7,10,12-13,15-17,27-29H,8-9H2,1-2H3,(H3,23,24,25,26). The summed E-state index contributed by atoms with van der Waals surface area (Å²) in [7, 11) is 0. The number of carbonyl (C=O) groups is 1. The van der Waals surface area contributed by atoms with Crippen LogP contribution in [-0.2, 0) is 9.53 Å². The van der Waals surface area contributed by atoms with E-state index in [4.69, 9.17) is 22.1 Å². The van der Waals surface area contributed by atoms with Crippen LogP contribution in [0.15, 0.2) is 29.9 Å². The molecule has 1 heterocycles. The molecule has 1 aromatic rings. The van der Waals surface area contributed by atoms with Gasteiger partial charge in [-0.25, -0.2) is 4.98 Å². The first-order valence-electron chi connectivity index (χ1n) is 10.0. The first-order chi connectivity index (χ1) is 14.7. The molecule has 9 nitrogen and oxygen atoms in total. The van der Waals surface area contributed by atoms with Crippen LogP contribution in [0.25, 0.3) is 6.08 Å². The molecule has 6 N–H and O–H groups in total. The zero-order valence-electron chi connectivity index (χ0n) is 17.3. The zero-order chi connectivity index (χ0) is 22.7. The second-order valence-corrected chi connectivity index (χ2v) is 8.25. The van der Waals surface area contributed by atoms with E-state index in [0.29, 0.717) is 17.6 Å². The first-order valence-corrected chi connectivity index (χ1v) is 10.4. The van der Waals surface area contributed by atoms with Gasteiger partial charge >= 0.3 is 5.97 Å². The lowest BCUT2D eigenvalue weighted by Crippen LogP contribution is -2.35. The Morgan fingerprint density at radius 3 is 2.74 bits per heavy atom. The third-order valence-corrected chi connectivity index (χ3v) is 5.54. The van der Waals surface area contributed by atoms with Crippen LogP contribution in [0.4, 0.5) is 11.8 Å². The van der Waals surface area contributed by atoms with E-state index >= 15 is 0 Å². The quantitative estimate of drug-likeness (QED) is 0.319. The highest BCUT2D eigenvalue weighted by Crippen LogP contribution is 2.33. The maximum atomic E-state index is 12.5. The van der Waals surface area contributed by atoms with Gasteiger partial charge in [-0.2, -0.15) is 4.98 Å². The summed E-state index contributed by atoms with van der Waals surface area (Å²) in [5.74, 6) is -1.32. The SMILES string of the molecule is CC(C)OC(=O)C1C=CC=CC1=Cc1c(Cl)nc(N)nc1NC1CC(CO)C(O)C1O. The summed E-state index contributed by atoms with van der Waals surface area (Å²) in [4.78, 5) is 20.7. The fourth-order valence-electron chi connectivity index (χ4n) is 3.70. The maximum absolute atomic E-state index is 12.5. The van der Waals surface area contributed by atoms with E-state index in [9.17, 15) is 20.1 Å². The van der Waals surface area contributed by atoms with E-state index in [1.807, 2.05) is 0 Å². The minimum absolute atomic E-state index is 0.0631. The molecule has 1 saturated carbocycles. The Kier molecular flexibility index (Phi) is 7.32. The Hall–Kier alpha value is -2.46. The summed E-state index contributed by atoms with van der Waals surface area (Å²) in [6, 6.07) is -0.585. The lowest BCUT2D eigenvalue weighted by Gasteiger charge is -2.21. The summed E-state index contributed by atoms with van der Waals surface area (Å²) >= 11 is 6.35. The van der Waals surface area contributed by atoms with Crippen LogP contribution < -0.4 is 11.1 Å². The number of rotatable bonds is 6. The molecule has 3 rings (SSSR count). The molecule has 0 aliphatic heterocycles. The number of aliphatic hydroxyl groups excluding tert-OH is 3. The number of halogens is 1. The number of nitrogen functional groups attached to an aromatic ring is 1. The molecule has 0 amide bonds. The molecule has 0 spiro atoms. The predicted molar refractivity (Wildman–Crippen MR) is 117 cm³/mol. The summed E-state index contributed by atoms with van der Waals surface area (Å²) in [6.07, 6.45) is 6.57. The number of anilines is 2. The summed E-state index contributed by atoms with van der Waals surface area (Å²) in [5, 5.41) is 33.0. The molecule has 5 atom stereocenters. The molecule has 1 fully saturated rings. The predicted octanol–water partition coefficient (Wildman–Crippen LogP) is 1.30. The Labute approximate surface area is 185 Å². The van der Waals surface area contributed by atoms with Gasteiger partial charge in [0, 0.05) is 12.5 Å². The Morgan fingerprint density at radius 1 is 1.35 bits per heavy atom. The van der Waals surface area contributed by atoms with Crippen molar-refractivity contribution in [3.8, 4) is 0 Å². The summed E-state index contributed by atoms with van der Waals surface area (Å²) < 4.78 is 5.35. The molecule has 2 aliphatic rings. The first kappa shape index (κ1) is 23.2. The molecular formula is C21H27ClN4O5. The van der Waals surface area contributed by atoms with Gasteiger partial charge in [-0.1, -0.05) is 35.9 Å². The van der Waals surface area contributed by atoms with Crippen molar-refractivity contribution in [2.24, 2.45) is 11.8 Å². The normalized spacial score (nSPS) is 29.0. The molecule has 0 aromatic carbocycles. The minimum Gasteiger partial charge on any atom is -0.462 e. The second-order valence-electron chi connectivity index (χ2n) is 7.90. The number of nitrogens with zero attached hydrogens (tertiary/aromatic N) is 2. The van der Waals surface area contributed by atoms with Crippen molar-refractivity contribution in [2.45, 2.75) is 44.6 Å². The van der Waals surface area contributed by atoms with Gasteiger partial charge in [0.05, 0.1) is 23.8 Å². The average Bonchev–Trinajstić information content (AvgIpc) is 2.98. The highest BCUT2D eigenvalue weighted by Gasteiger charge is 2.41. The molecule has 0 saturated heterocycles. The van der Waals surface area contributed by atoms with E-state index < -0.39 is 36.1 Å². The van der Waals surface area contributed by atoms with Gasteiger partial charge in [-0.15, -0.1) is 0 Å². The van der Waals surface area contributed by atoms with Crippen molar-refractivity contribution in [1.82, 2.24) is 9.97 Å². The van der Waals surface area contributed by atoms with Gasteiger partial charge in [-0.05, 0) is 31.9 Å². The van der Waals surface area contributed by atoms with Crippen LogP contribution in [0, 0.1) is 11.8 Å². The van der Waals surface area contributed by atoms with E-state index in [0.717, 1.165) is 0 Å². The van der Waals surface area contributed by atoms with E-state index in [1.54, 1.807) is 44.2 Å². The molecule has 5 unspecified atom stereocenters. The highest BCUT2D eigenvalue weighted by atomic mass is 35.5. The van der Waals surface area contributed by atoms with Crippen LogP contribution in [0.3, 0.4) is 0 Å². The lowest BCUT2D eigenvalue weighted by molar-refractivity contribution is -0.149. The monoisotopic (exact) mass is 450 g/mol. The fourth-order valence-corrected chi connectivity index (χ4v) is 3.93. The van der Waals surface area contributed by atoms with Crippen LogP contribution in [0.2, 0.25) is 5.15 Å². The van der Waals surface area contributed by atoms with Gasteiger partial charge in [0.2, 0.25) is 5.95 Å². The van der Waals surface area contributed by atoms with Gasteiger partial charge in [0.1, 0.15) is 23.0 Å². The third kappa shape index (κ3) is 5.24. The molecular weight excluding hydrogens is 424 g/mol. The van der Waals surface area contributed by atoms with Gasteiger partial charge in [0.15, 0.2) is 0 Å². The fraction of sp³-hybridized carbons (Fsp3) is 0.476. The molecule has 2 aliphatic carbocycles. The van der Waals surface area contributed by atoms with Gasteiger partial charge in [-0.3, -0.25) is 4.79 Å². The van der Waals surface area contributed by atoms with Crippen molar-refractivity contribution in [3.63, 3.8) is 0 Å². The number of carbonyl (C=O) groups excluding carboxylic acids is 1. The molecule has 10 heteroatoms. The molecule has 1 aromatic heterocycles. The van der Waals surface area contributed by atoms with Crippen LogP contribution in [0.5, 0.6) is 0 Å². The van der Waals surface area contributed by atoms with Crippen LogP contribution in [-0.4, -0.2) is 62.2 Å². The van der Waals surface area contributed by atoms with Crippen molar-refractivity contribution < 1.29 is 24.9 Å². The number of hydrogen-bond acceptors (Lipinski definition) is 9. The molecule has 0 bridgehead atoms. The summed E-state index contributed by atoms with van der Waals surface area (Å²) in [6.45, 7) is 3.30. The van der Waals surface area contributed by atoms with E-state index in [1.165, 1.54) is 0 Å². The second kappa shape index (κ2) is 9.78. The van der Waals surface area contributed by atoms with Crippen molar-refractivity contribution >= 4 is 35.4 Å². The Morgan fingerprint density at radius 2 is 2.10 bits per heavy atom. The van der Waals surface area contributed by atoms with E-state index in [-0.39, 0.29) is 29.6 Å². The molecule has 168 valence electrons. The Balaban J connectivity index is 1.95. The van der Waals surface area contributed by atoms with Crippen molar-refractivity contribution in [3.05, 3.63) is 40.6 Å². The topological polar surface area (TPSA) is 151 Å². The summed E-state index contributed by atoms with van der Waals surface area (Å²) in [5.41, 5.74) is 6.76. The Bertz CT molecular complexity index is 917. The van der Waals surface area contributed by atoms with Crippen molar-refractivity contribution in [2.75, 3.05) is 17.7 Å². The number of aliphatic hydroxyl groups is 3. The van der Waals surface area contributed by atoms with Gasteiger partial charge < -0.3 is 31.1 Å². The zero-order valence-corrected chi connectivity index (χ0v) is 18.0. The van der Waals surface area contributed by atoms with Crippen molar-refractivity contribution in [1.29, 1.82) is 0 Å². The number of nitrogens with two attached hydrogens (primary N) is 1. The number of esters is 1. The molecule has 0 radical (unpaired) electrons. The molecule has 31 heavy (non-hydrogen) atoms.